The zero-order chi connectivity index (χ0) is 19.6. The Balaban J connectivity index is 2.02. The van der Waals surface area contributed by atoms with E-state index in [4.69, 9.17) is 32.5 Å². The minimum absolute atomic E-state index is 0.210. The first kappa shape index (κ1) is 18.3. The third kappa shape index (κ3) is 3.85. The molecule has 0 unspecified atom stereocenters. The number of fused-ring (bicyclic) bond motifs is 1. The van der Waals surface area contributed by atoms with E-state index in [-0.39, 0.29) is 10.6 Å². The summed E-state index contributed by atoms with van der Waals surface area (Å²) < 4.78 is 11.1. The lowest BCUT2D eigenvalue weighted by molar-refractivity contribution is 0.0997. The van der Waals surface area contributed by atoms with Gasteiger partial charge in [-0.2, -0.15) is 0 Å². The number of hydrogen-bond acceptors (Lipinski definition) is 5. The van der Waals surface area contributed by atoms with Gasteiger partial charge in [0.2, 0.25) is 0 Å². The number of aromatic nitrogens is 1. The molecular weight excluding hydrogens is 372 g/mol. The molecule has 0 spiro atoms. The Labute approximate surface area is 159 Å². The zero-order valence-electron chi connectivity index (χ0n) is 14.2. The van der Waals surface area contributed by atoms with Crippen molar-refractivity contribution in [3.63, 3.8) is 0 Å². The molecule has 3 rings (SSSR count). The van der Waals surface area contributed by atoms with Crippen molar-refractivity contribution in [2.45, 2.75) is 0 Å². The summed E-state index contributed by atoms with van der Waals surface area (Å²) in [7, 11) is 1.44. The van der Waals surface area contributed by atoms with Crippen LogP contribution < -0.4 is 26.3 Å². The highest BCUT2D eigenvalue weighted by molar-refractivity contribution is 6.33. The van der Waals surface area contributed by atoms with Crippen molar-refractivity contribution >= 4 is 40.1 Å². The fraction of sp³-hybridized carbons (Fsp3) is 0.0556. The number of anilines is 1. The maximum atomic E-state index is 11.7. The number of carbonyl (C=O) groups excluding carboxylic acids is 2. The second-order valence-corrected chi connectivity index (χ2v) is 5.88. The van der Waals surface area contributed by atoms with Gasteiger partial charge >= 0.3 is 6.03 Å². The molecule has 1 aromatic heterocycles. The number of carbonyl (C=O) groups is 2. The number of amides is 3. The third-order valence-corrected chi connectivity index (χ3v) is 4.03. The SMILES string of the molecule is COc1cc2nccc(Oc3ccc(NC(N)=O)c(Cl)c3)c2cc1C(N)=O. The highest BCUT2D eigenvalue weighted by Crippen LogP contribution is 2.35. The monoisotopic (exact) mass is 386 g/mol. The van der Waals surface area contributed by atoms with Crippen LogP contribution in [0.15, 0.2) is 42.6 Å². The minimum atomic E-state index is -0.723. The second kappa shape index (κ2) is 7.38. The van der Waals surface area contributed by atoms with E-state index >= 15 is 0 Å². The van der Waals surface area contributed by atoms with Gasteiger partial charge in [-0.1, -0.05) is 11.6 Å². The first-order chi connectivity index (χ1) is 12.9. The standard InChI is InChI=1S/C18H15ClN4O4/c1-26-16-8-14-10(7-11(16)17(20)24)15(4-5-22-14)27-9-2-3-13(12(19)6-9)23-18(21)25/h2-8H,1H3,(H2,20,24)(H3,21,23,25). The molecule has 27 heavy (non-hydrogen) atoms. The lowest BCUT2D eigenvalue weighted by atomic mass is 10.1. The number of nitrogens with two attached hydrogens (primary N) is 2. The molecule has 0 bridgehead atoms. The van der Waals surface area contributed by atoms with Crippen molar-refractivity contribution in [1.82, 2.24) is 4.98 Å². The summed E-state index contributed by atoms with van der Waals surface area (Å²) in [6.45, 7) is 0. The maximum Gasteiger partial charge on any atom is 0.316 e. The molecule has 0 fully saturated rings. The quantitative estimate of drug-likeness (QED) is 0.619. The highest BCUT2D eigenvalue weighted by Gasteiger charge is 2.14. The molecule has 0 radical (unpaired) electrons. The molecule has 0 saturated heterocycles. The van der Waals surface area contributed by atoms with Crippen molar-refractivity contribution in [2.75, 3.05) is 12.4 Å². The van der Waals surface area contributed by atoms with E-state index in [1.54, 1.807) is 36.5 Å². The van der Waals surface area contributed by atoms with E-state index < -0.39 is 11.9 Å². The summed E-state index contributed by atoms with van der Waals surface area (Å²) in [5.74, 6) is 0.550. The van der Waals surface area contributed by atoms with Crippen LogP contribution in [0, 0.1) is 0 Å². The van der Waals surface area contributed by atoms with Crippen molar-refractivity contribution in [2.24, 2.45) is 11.5 Å². The number of methoxy groups -OCH3 is 1. The van der Waals surface area contributed by atoms with E-state index in [0.29, 0.717) is 33.8 Å². The smallest absolute Gasteiger partial charge is 0.316 e. The van der Waals surface area contributed by atoms with Gasteiger partial charge in [-0.15, -0.1) is 0 Å². The van der Waals surface area contributed by atoms with Gasteiger partial charge in [-0.05, 0) is 24.3 Å². The summed E-state index contributed by atoms with van der Waals surface area (Å²) in [5.41, 5.74) is 11.6. The number of primary amides is 2. The fourth-order valence-electron chi connectivity index (χ4n) is 2.52. The summed E-state index contributed by atoms with van der Waals surface area (Å²) in [4.78, 5) is 26.9. The molecular formula is C18H15ClN4O4. The maximum absolute atomic E-state index is 11.7. The molecule has 0 atom stereocenters. The zero-order valence-corrected chi connectivity index (χ0v) is 14.9. The largest absolute Gasteiger partial charge is 0.496 e. The summed E-state index contributed by atoms with van der Waals surface area (Å²) in [5, 5.41) is 3.23. The summed E-state index contributed by atoms with van der Waals surface area (Å²) in [6, 6.07) is 8.78. The number of hydrogen-bond donors (Lipinski definition) is 3. The average Bonchev–Trinajstić information content (AvgIpc) is 2.62. The summed E-state index contributed by atoms with van der Waals surface area (Å²) in [6.07, 6.45) is 1.56. The number of nitrogens with zero attached hydrogens (tertiary/aromatic N) is 1. The molecule has 138 valence electrons. The Morgan fingerprint density at radius 1 is 1.11 bits per heavy atom. The van der Waals surface area contributed by atoms with Crippen molar-refractivity contribution in [3.8, 4) is 17.2 Å². The minimum Gasteiger partial charge on any atom is -0.496 e. The van der Waals surface area contributed by atoms with Crippen LogP contribution in [0.2, 0.25) is 5.02 Å². The van der Waals surface area contributed by atoms with Gasteiger partial charge in [0.05, 0.1) is 28.9 Å². The molecule has 3 aromatic rings. The molecule has 0 aliphatic carbocycles. The topological polar surface area (TPSA) is 130 Å². The van der Waals surface area contributed by atoms with Gasteiger partial charge in [0.25, 0.3) is 5.91 Å². The Morgan fingerprint density at radius 2 is 1.89 bits per heavy atom. The van der Waals surface area contributed by atoms with E-state index in [1.807, 2.05) is 0 Å². The lowest BCUT2D eigenvalue weighted by Crippen LogP contribution is -2.19. The molecule has 5 N–H and O–H groups in total. The number of halogens is 1. The van der Waals surface area contributed by atoms with E-state index in [0.717, 1.165) is 0 Å². The first-order valence-electron chi connectivity index (χ1n) is 7.69. The molecule has 1 heterocycles. The van der Waals surface area contributed by atoms with Crippen LogP contribution in [-0.4, -0.2) is 24.0 Å². The van der Waals surface area contributed by atoms with Crippen molar-refractivity contribution in [3.05, 3.63) is 53.2 Å². The number of benzene rings is 2. The van der Waals surface area contributed by atoms with Crippen LogP contribution >= 0.6 is 11.6 Å². The predicted octanol–water partition coefficient (Wildman–Crippen LogP) is 3.28. The van der Waals surface area contributed by atoms with Crippen LogP contribution in [0.1, 0.15) is 10.4 Å². The Morgan fingerprint density at radius 3 is 2.52 bits per heavy atom. The molecule has 3 amide bonds. The van der Waals surface area contributed by atoms with Crippen LogP contribution in [0.3, 0.4) is 0 Å². The van der Waals surface area contributed by atoms with Crippen LogP contribution in [-0.2, 0) is 0 Å². The number of ether oxygens (including phenoxy) is 2. The predicted molar refractivity (Wildman–Crippen MR) is 102 cm³/mol. The Bertz CT molecular complexity index is 1050. The number of pyridine rings is 1. The molecule has 0 aliphatic heterocycles. The van der Waals surface area contributed by atoms with Crippen molar-refractivity contribution < 1.29 is 19.1 Å². The van der Waals surface area contributed by atoms with Gasteiger partial charge in [-0.25, -0.2) is 4.79 Å². The van der Waals surface area contributed by atoms with Crippen molar-refractivity contribution in [1.29, 1.82) is 0 Å². The van der Waals surface area contributed by atoms with Gasteiger partial charge < -0.3 is 26.3 Å². The van der Waals surface area contributed by atoms with E-state index in [2.05, 4.69) is 10.3 Å². The van der Waals surface area contributed by atoms with Crippen LogP contribution in [0.5, 0.6) is 17.2 Å². The molecule has 0 aliphatic rings. The number of urea groups is 1. The fourth-order valence-corrected chi connectivity index (χ4v) is 2.74. The summed E-state index contributed by atoms with van der Waals surface area (Å²) >= 11 is 6.12. The Kier molecular flexibility index (Phi) is 5.00. The lowest BCUT2D eigenvalue weighted by Gasteiger charge is -2.12. The number of nitrogens with one attached hydrogen (secondary N) is 1. The van der Waals surface area contributed by atoms with Gasteiger partial charge in [0.15, 0.2) is 0 Å². The van der Waals surface area contributed by atoms with Gasteiger partial charge in [0.1, 0.15) is 17.2 Å². The molecule has 9 heteroatoms. The van der Waals surface area contributed by atoms with Gasteiger partial charge in [0, 0.05) is 23.7 Å². The average molecular weight is 387 g/mol. The van der Waals surface area contributed by atoms with E-state index in [1.165, 1.54) is 13.2 Å². The van der Waals surface area contributed by atoms with E-state index in [9.17, 15) is 9.59 Å². The third-order valence-electron chi connectivity index (χ3n) is 3.71. The van der Waals surface area contributed by atoms with Crippen LogP contribution in [0.25, 0.3) is 10.9 Å². The normalized spacial score (nSPS) is 10.4. The molecule has 8 nitrogen and oxygen atoms in total. The number of rotatable bonds is 5. The molecule has 0 saturated carbocycles. The highest BCUT2D eigenvalue weighted by atomic mass is 35.5. The molecule has 2 aromatic carbocycles. The van der Waals surface area contributed by atoms with Gasteiger partial charge in [-0.3, -0.25) is 9.78 Å². The second-order valence-electron chi connectivity index (χ2n) is 5.48. The Hall–Kier alpha value is -3.52. The first-order valence-corrected chi connectivity index (χ1v) is 8.07. The van der Waals surface area contributed by atoms with Crippen LogP contribution in [0.4, 0.5) is 10.5 Å².